The number of cyclic esters (lactones) is 1. The molecule has 308 valence electrons. The third-order valence-electron chi connectivity index (χ3n) is 11.7. The average molecular weight is 819 g/mol. The molecule has 61 heavy (non-hydrogen) atoms. The number of phenols is 1. The molecule has 6 unspecified atom stereocenters. The van der Waals surface area contributed by atoms with Crippen molar-refractivity contribution in [2.45, 2.75) is 42.5 Å². The molecule has 13 nitrogen and oxygen atoms in total. The number of rotatable bonds is 10. The second-order valence-corrected chi connectivity index (χ2v) is 15.0. The van der Waals surface area contributed by atoms with Crippen LogP contribution in [0.5, 0.6) is 5.75 Å². The van der Waals surface area contributed by atoms with E-state index in [4.69, 9.17) is 14.2 Å². The Morgan fingerprint density at radius 3 is 2.18 bits per heavy atom. The summed E-state index contributed by atoms with van der Waals surface area (Å²) >= 11 is 0. The second-order valence-electron chi connectivity index (χ2n) is 15.0. The quantitative estimate of drug-likeness (QED) is 0.0739. The Labute approximate surface area is 352 Å². The first-order valence-electron chi connectivity index (χ1n) is 19.8. The molecule has 4 aromatic carbocycles. The molecular formula is C48H42N4O9. The lowest BCUT2D eigenvalue weighted by molar-refractivity contribution is -0.178. The fourth-order valence-corrected chi connectivity index (χ4v) is 9.10. The summed E-state index contributed by atoms with van der Waals surface area (Å²) in [5, 5.41) is 16.6. The fraction of sp³-hybridized carbons (Fsp3) is 0.250. The Morgan fingerprint density at radius 1 is 0.852 bits per heavy atom. The van der Waals surface area contributed by atoms with E-state index >= 15 is 9.59 Å². The summed E-state index contributed by atoms with van der Waals surface area (Å²) in [4.78, 5) is 76.6. The van der Waals surface area contributed by atoms with Gasteiger partial charge in [-0.2, -0.15) is 0 Å². The lowest BCUT2D eigenvalue weighted by Crippen LogP contribution is -2.55. The van der Waals surface area contributed by atoms with Gasteiger partial charge in [0.15, 0.2) is 5.92 Å². The number of benzene rings is 4. The minimum Gasteiger partial charge on any atom is -0.508 e. The highest BCUT2D eigenvalue weighted by molar-refractivity contribution is 6.12. The van der Waals surface area contributed by atoms with Gasteiger partial charge in [-0.3, -0.25) is 33.9 Å². The van der Waals surface area contributed by atoms with Gasteiger partial charge in [-0.05, 0) is 64.7 Å². The molecule has 4 heterocycles. The molecule has 2 saturated heterocycles. The third-order valence-corrected chi connectivity index (χ3v) is 11.7. The zero-order valence-electron chi connectivity index (χ0n) is 33.3. The number of nitrogens with zero attached hydrogens (tertiary/aromatic N) is 2. The number of fused-ring (bicyclic) bond motifs is 3. The number of phenolic OH excluding ortho intramolecular Hbond substituents is 1. The van der Waals surface area contributed by atoms with Crippen LogP contribution in [0, 0.1) is 23.7 Å². The van der Waals surface area contributed by atoms with E-state index in [1.54, 1.807) is 42.6 Å². The van der Waals surface area contributed by atoms with Gasteiger partial charge in [0, 0.05) is 42.5 Å². The van der Waals surface area contributed by atoms with Crippen molar-refractivity contribution in [2.75, 3.05) is 26.1 Å². The van der Waals surface area contributed by atoms with Gasteiger partial charge in [0.1, 0.15) is 23.3 Å². The van der Waals surface area contributed by atoms with E-state index in [2.05, 4.69) is 27.5 Å². The zero-order valence-corrected chi connectivity index (χ0v) is 33.3. The highest BCUT2D eigenvalue weighted by Crippen LogP contribution is 2.64. The third kappa shape index (κ3) is 7.36. The molecular weight excluding hydrogens is 777 g/mol. The molecule has 6 atom stereocenters. The monoisotopic (exact) mass is 818 g/mol. The van der Waals surface area contributed by atoms with E-state index in [-0.39, 0.29) is 18.7 Å². The van der Waals surface area contributed by atoms with Gasteiger partial charge in [-0.25, -0.2) is 0 Å². The molecule has 3 N–H and O–H groups in total. The smallest absolute Gasteiger partial charge is 0.324 e. The highest BCUT2D eigenvalue weighted by atomic mass is 16.6. The highest BCUT2D eigenvalue weighted by Gasteiger charge is 2.74. The number of hydrogen-bond acceptors (Lipinski definition) is 11. The number of pyridine rings is 1. The van der Waals surface area contributed by atoms with Crippen LogP contribution >= 0.6 is 0 Å². The van der Waals surface area contributed by atoms with Gasteiger partial charge in [0.05, 0.1) is 32.2 Å². The summed E-state index contributed by atoms with van der Waals surface area (Å²) in [7, 11) is 2.33. The van der Waals surface area contributed by atoms with Gasteiger partial charge in [0.25, 0.3) is 0 Å². The Kier molecular flexibility index (Phi) is 11.4. The van der Waals surface area contributed by atoms with E-state index in [0.717, 1.165) is 16.8 Å². The Balaban J connectivity index is 1.34. The first-order valence-corrected chi connectivity index (χ1v) is 19.8. The van der Waals surface area contributed by atoms with Crippen LogP contribution in [0.2, 0.25) is 0 Å². The predicted octanol–water partition coefficient (Wildman–Crippen LogP) is 5.12. The maximum Gasteiger partial charge on any atom is 0.324 e. The lowest BCUT2D eigenvalue weighted by Gasteiger charge is -2.46. The fourth-order valence-electron chi connectivity index (χ4n) is 9.10. The van der Waals surface area contributed by atoms with Crippen LogP contribution in [0.4, 0.5) is 5.69 Å². The number of amides is 2. The molecule has 2 amide bonds. The molecule has 5 aromatic rings. The second kappa shape index (κ2) is 17.1. The van der Waals surface area contributed by atoms with Crippen LogP contribution in [0.1, 0.15) is 58.1 Å². The van der Waals surface area contributed by atoms with Gasteiger partial charge in [0.2, 0.25) is 11.8 Å². The normalized spacial score (nSPS) is 22.6. The van der Waals surface area contributed by atoms with Crippen molar-refractivity contribution in [2.24, 2.45) is 11.8 Å². The van der Waals surface area contributed by atoms with Crippen LogP contribution in [0.25, 0.3) is 0 Å². The van der Waals surface area contributed by atoms with Crippen molar-refractivity contribution in [1.29, 1.82) is 0 Å². The summed E-state index contributed by atoms with van der Waals surface area (Å²) in [6.45, 7) is 0.157. The van der Waals surface area contributed by atoms with E-state index in [1.807, 2.05) is 77.7 Å². The molecule has 2 fully saturated rings. The number of ether oxygens (including phenoxy) is 3. The number of aromatic hydroxyl groups is 1. The van der Waals surface area contributed by atoms with Gasteiger partial charge < -0.3 is 30.0 Å². The minimum atomic E-state index is -1.79. The van der Waals surface area contributed by atoms with Crippen molar-refractivity contribution in [3.63, 3.8) is 0 Å². The molecule has 1 spiro atoms. The van der Waals surface area contributed by atoms with Crippen molar-refractivity contribution < 1.29 is 43.3 Å². The molecule has 0 bridgehead atoms. The van der Waals surface area contributed by atoms with Crippen LogP contribution in [-0.2, 0) is 50.0 Å². The van der Waals surface area contributed by atoms with E-state index in [0.29, 0.717) is 28.8 Å². The topological polar surface area (TPSA) is 173 Å². The van der Waals surface area contributed by atoms with Crippen molar-refractivity contribution >= 4 is 35.4 Å². The summed E-state index contributed by atoms with van der Waals surface area (Å²) < 4.78 is 16.1. The Bertz CT molecular complexity index is 2510. The predicted molar refractivity (Wildman–Crippen MR) is 221 cm³/mol. The maximum absolute atomic E-state index is 15.3. The number of anilines is 1. The maximum atomic E-state index is 15.3. The summed E-state index contributed by atoms with van der Waals surface area (Å²) in [6.07, 6.45) is 0.987. The minimum absolute atomic E-state index is 0.0120. The van der Waals surface area contributed by atoms with Crippen LogP contribution < -0.4 is 10.6 Å². The standard InChI is InChI=1S/C48H42N4O9/c1-59-44(55)35(45(56)60-2)18-11-12-29-19-24-37-36(28-29)48(47(58)51-37)38(43(54)50-27-25-33-17-9-10-26-49-33)40-46(57)61-41(31-15-7-4-8-16-31)39(30-13-5-3-6-14-30)52(40)42(48)32-20-22-34(53)23-21-32/h3-10,13-17,19-24,26,28,35,38-42,53H,18,25,27H2,1-2H3,(H,50,54)(H,51,58). The summed E-state index contributed by atoms with van der Waals surface area (Å²) in [5.74, 6) is -0.0764. The number of aromatic nitrogens is 1. The Morgan fingerprint density at radius 2 is 1.52 bits per heavy atom. The molecule has 13 heteroatoms. The SMILES string of the molecule is COC(=O)C(CC#Cc1ccc2c(c1)C1(C(=O)N2)C(C(=O)NCCc2ccccn2)C2C(=O)OC(c3ccccc3)C(c3ccccc3)N2C1c1ccc(O)cc1)C(=O)OC. The number of methoxy groups -OCH3 is 2. The molecule has 1 aromatic heterocycles. The summed E-state index contributed by atoms with van der Waals surface area (Å²) in [6, 6.07) is 32.9. The van der Waals surface area contributed by atoms with Gasteiger partial charge in [-0.15, -0.1) is 0 Å². The number of esters is 3. The molecule has 3 aliphatic heterocycles. The number of carbonyl (C=O) groups excluding carboxylic acids is 5. The number of morpholine rings is 1. The first-order chi connectivity index (χ1) is 29.7. The lowest BCUT2D eigenvalue weighted by atomic mass is 9.65. The van der Waals surface area contributed by atoms with E-state index < -0.39 is 71.2 Å². The van der Waals surface area contributed by atoms with E-state index in [1.165, 1.54) is 26.4 Å². The van der Waals surface area contributed by atoms with Gasteiger partial charge >= 0.3 is 17.9 Å². The van der Waals surface area contributed by atoms with Crippen molar-refractivity contribution in [1.82, 2.24) is 15.2 Å². The van der Waals surface area contributed by atoms with Crippen LogP contribution in [-0.4, -0.2) is 71.5 Å². The van der Waals surface area contributed by atoms with Crippen LogP contribution in [0.3, 0.4) is 0 Å². The number of hydrogen-bond donors (Lipinski definition) is 3. The largest absolute Gasteiger partial charge is 0.508 e. The molecule has 0 saturated carbocycles. The molecule has 8 rings (SSSR count). The molecule has 3 aliphatic rings. The zero-order chi connectivity index (χ0) is 42.7. The number of nitrogens with one attached hydrogen (secondary N) is 2. The Hall–Kier alpha value is -7.30. The van der Waals surface area contributed by atoms with Crippen molar-refractivity contribution in [3.05, 3.63) is 161 Å². The summed E-state index contributed by atoms with van der Waals surface area (Å²) in [5.41, 5.74) is 2.26. The first kappa shape index (κ1) is 40.5. The van der Waals surface area contributed by atoms with Gasteiger partial charge in [-0.1, -0.05) is 90.7 Å². The molecule has 0 radical (unpaired) electrons. The van der Waals surface area contributed by atoms with Crippen LogP contribution in [0.15, 0.2) is 128 Å². The average Bonchev–Trinajstić information content (AvgIpc) is 3.77. The molecule has 0 aliphatic carbocycles. The van der Waals surface area contributed by atoms with Crippen molar-refractivity contribution in [3.8, 4) is 17.6 Å². The number of carbonyl (C=O) groups is 5. The van der Waals surface area contributed by atoms with E-state index in [9.17, 15) is 19.5 Å².